The maximum atomic E-state index is 10.5. The van der Waals surface area contributed by atoms with Crippen LogP contribution in [0.25, 0.3) is 0 Å². The van der Waals surface area contributed by atoms with Crippen LogP contribution in [0.2, 0.25) is 0 Å². The highest BCUT2D eigenvalue weighted by Crippen LogP contribution is 2.66. The number of ether oxygens (including phenoxy) is 1. The molecule has 6 atom stereocenters. The van der Waals surface area contributed by atoms with E-state index in [1.54, 1.807) is 0 Å². The maximum Gasteiger partial charge on any atom is 0.0900 e. The van der Waals surface area contributed by atoms with E-state index in [2.05, 4.69) is 39.5 Å². The lowest BCUT2D eigenvalue weighted by atomic mass is 9.70. The fourth-order valence-corrected chi connectivity index (χ4v) is 5.74. The molecule has 6 unspecified atom stereocenters. The van der Waals surface area contributed by atoms with E-state index in [9.17, 15) is 5.11 Å². The zero-order valence-corrected chi connectivity index (χ0v) is 15.8. The molecule has 134 valence electrons. The van der Waals surface area contributed by atoms with Crippen LogP contribution in [0, 0.1) is 16.7 Å². The lowest BCUT2D eigenvalue weighted by Gasteiger charge is -2.41. The molecule has 0 aromatic heterocycles. The largest absolute Gasteiger partial charge is 0.389 e. The molecule has 3 rings (SSSR count). The minimum atomic E-state index is -0.358. The van der Waals surface area contributed by atoms with Crippen LogP contribution in [0.1, 0.15) is 73.1 Å². The van der Waals surface area contributed by atoms with Gasteiger partial charge in [0.25, 0.3) is 0 Å². The lowest BCUT2D eigenvalue weighted by Crippen LogP contribution is -2.48. The first kappa shape index (κ1) is 17.7. The molecule has 3 aliphatic rings. The van der Waals surface area contributed by atoms with Crippen LogP contribution in [0.4, 0.5) is 0 Å². The van der Waals surface area contributed by atoms with E-state index in [0.717, 1.165) is 12.5 Å². The van der Waals surface area contributed by atoms with Crippen molar-refractivity contribution in [1.29, 1.82) is 0 Å². The van der Waals surface area contributed by atoms with Gasteiger partial charge in [0.1, 0.15) is 0 Å². The molecule has 3 fully saturated rings. The molecular weight excluding hydrogens is 286 g/mol. The summed E-state index contributed by atoms with van der Waals surface area (Å²) in [6.07, 6.45) is 7.64. The van der Waals surface area contributed by atoms with E-state index in [4.69, 9.17) is 4.74 Å². The third-order valence-corrected chi connectivity index (χ3v) is 8.00. The Morgan fingerprint density at radius 1 is 1.13 bits per heavy atom. The fraction of sp³-hybridized carbons (Fsp3) is 1.00. The molecule has 2 aliphatic carbocycles. The van der Waals surface area contributed by atoms with Crippen LogP contribution in [0.15, 0.2) is 0 Å². The van der Waals surface area contributed by atoms with Gasteiger partial charge in [-0.2, -0.15) is 0 Å². The van der Waals surface area contributed by atoms with Crippen molar-refractivity contribution in [3.63, 3.8) is 0 Å². The van der Waals surface area contributed by atoms with Crippen LogP contribution in [-0.4, -0.2) is 47.4 Å². The van der Waals surface area contributed by atoms with E-state index in [1.807, 2.05) is 0 Å². The number of piperidine rings is 1. The second-order valence-corrected chi connectivity index (χ2v) is 9.41. The van der Waals surface area contributed by atoms with Gasteiger partial charge in [0, 0.05) is 18.6 Å². The van der Waals surface area contributed by atoms with E-state index >= 15 is 0 Å². The topological polar surface area (TPSA) is 32.7 Å². The fourth-order valence-electron chi connectivity index (χ4n) is 5.74. The van der Waals surface area contributed by atoms with Crippen molar-refractivity contribution in [3.05, 3.63) is 0 Å². The third kappa shape index (κ3) is 2.98. The average molecular weight is 324 g/mol. The molecule has 1 N–H and O–H groups in total. The van der Waals surface area contributed by atoms with Gasteiger partial charge in [-0.1, -0.05) is 27.2 Å². The molecule has 1 saturated heterocycles. The highest BCUT2D eigenvalue weighted by molar-refractivity contribution is 5.11. The number of β-amino-alcohol motifs (C(OH)–C–C–N with tert-alkyl or cyclic N) is 1. The standard InChI is InChI=1S/C20H37NO2/c1-14-7-6-8-15(2)21(14)12-17(22)13-23-18-11-16-9-10-20(18,5)19(16,3)4/h14-18,22H,6-13H2,1-5H3. The van der Waals surface area contributed by atoms with Crippen LogP contribution < -0.4 is 0 Å². The summed E-state index contributed by atoms with van der Waals surface area (Å²) in [6, 6.07) is 1.18. The minimum absolute atomic E-state index is 0.295. The second kappa shape index (κ2) is 6.31. The number of likely N-dealkylation sites (tertiary alicyclic amines) is 1. The number of hydrogen-bond donors (Lipinski definition) is 1. The Morgan fingerprint density at radius 3 is 2.30 bits per heavy atom. The molecule has 0 aromatic rings. The molecule has 2 bridgehead atoms. The molecule has 0 aromatic carbocycles. The minimum Gasteiger partial charge on any atom is -0.389 e. The van der Waals surface area contributed by atoms with Gasteiger partial charge in [-0.25, -0.2) is 0 Å². The first-order valence-electron chi connectivity index (χ1n) is 9.81. The zero-order chi connectivity index (χ0) is 16.8. The Morgan fingerprint density at radius 2 is 1.78 bits per heavy atom. The van der Waals surface area contributed by atoms with Crippen molar-refractivity contribution >= 4 is 0 Å². The highest BCUT2D eigenvalue weighted by Gasteiger charge is 2.61. The maximum absolute atomic E-state index is 10.5. The summed E-state index contributed by atoms with van der Waals surface area (Å²) in [4.78, 5) is 2.48. The summed E-state index contributed by atoms with van der Waals surface area (Å²) in [5.74, 6) is 0.803. The van der Waals surface area contributed by atoms with E-state index in [1.165, 1.54) is 38.5 Å². The van der Waals surface area contributed by atoms with Crippen molar-refractivity contribution in [2.45, 2.75) is 97.4 Å². The monoisotopic (exact) mass is 323 g/mol. The summed E-state index contributed by atoms with van der Waals surface area (Å²) in [7, 11) is 0. The molecule has 3 nitrogen and oxygen atoms in total. The van der Waals surface area contributed by atoms with Crippen molar-refractivity contribution in [2.24, 2.45) is 16.7 Å². The number of aliphatic hydroxyl groups excluding tert-OH is 1. The Balaban J connectivity index is 1.51. The molecule has 2 saturated carbocycles. The van der Waals surface area contributed by atoms with Crippen LogP contribution in [0.5, 0.6) is 0 Å². The number of hydrogen-bond acceptors (Lipinski definition) is 3. The molecule has 3 heteroatoms. The van der Waals surface area contributed by atoms with Gasteiger partial charge in [-0.05, 0) is 62.7 Å². The average Bonchev–Trinajstić information content (AvgIpc) is 2.82. The summed E-state index contributed by atoms with van der Waals surface area (Å²) < 4.78 is 6.27. The normalized spacial score (nSPS) is 44.6. The highest BCUT2D eigenvalue weighted by atomic mass is 16.5. The van der Waals surface area contributed by atoms with Crippen molar-refractivity contribution in [2.75, 3.05) is 13.2 Å². The van der Waals surface area contributed by atoms with Gasteiger partial charge in [0.15, 0.2) is 0 Å². The number of fused-ring (bicyclic) bond motifs is 2. The Hall–Kier alpha value is -0.120. The summed E-state index contributed by atoms with van der Waals surface area (Å²) in [5.41, 5.74) is 0.682. The number of aliphatic hydroxyl groups is 1. The summed E-state index contributed by atoms with van der Waals surface area (Å²) >= 11 is 0. The number of rotatable bonds is 5. The first-order chi connectivity index (χ1) is 10.8. The summed E-state index contributed by atoms with van der Waals surface area (Å²) in [6.45, 7) is 13.1. The molecule has 0 radical (unpaired) electrons. The third-order valence-electron chi connectivity index (χ3n) is 8.00. The van der Waals surface area contributed by atoms with Crippen molar-refractivity contribution in [3.8, 4) is 0 Å². The molecular formula is C20H37NO2. The van der Waals surface area contributed by atoms with Gasteiger partial charge in [0.2, 0.25) is 0 Å². The Labute approximate surface area is 142 Å². The van der Waals surface area contributed by atoms with E-state index in [-0.39, 0.29) is 6.10 Å². The number of nitrogens with zero attached hydrogens (tertiary/aromatic N) is 1. The van der Waals surface area contributed by atoms with Crippen LogP contribution in [-0.2, 0) is 4.74 Å². The summed E-state index contributed by atoms with van der Waals surface area (Å²) in [5, 5.41) is 10.5. The van der Waals surface area contributed by atoms with Gasteiger partial charge in [-0.3, -0.25) is 4.90 Å². The zero-order valence-electron chi connectivity index (χ0n) is 15.8. The van der Waals surface area contributed by atoms with Gasteiger partial charge < -0.3 is 9.84 Å². The quantitative estimate of drug-likeness (QED) is 0.834. The first-order valence-corrected chi connectivity index (χ1v) is 9.81. The molecule has 0 spiro atoms. The van der Waals surface area contributed by atoms with Crippen molar-refractivity contribution in [1.82, 2.24) is 4.90 Å². The molecule has 1 heterocycles. The molecule has 0 amide bonds. The predicted octanol–water partition coefficient (Wildman–Crippen LogP) is 3.84. The smallest absolute Gasteiger partial charge is 0.0900 e. The van der Waals surface area contributed by atoms with Gasteiger partial charge in [-0.15, -0.1) is 0 Å². The second-order valence-electron chi connectivity index (χ2n) is 9.41. The van der Waals surface area contributed by atoms with Crippen LogP contribution in [0.3, 0.4) is 0 Å². The van der Waals surface area contributed by atoms with E-state index in [0.29, 0.717) is 35.6 Å². The molecule has 1 aliphatic heterocycles. The lowest BCUT2D eigenvalue weighted by molar-refractivity contribution is -0.0842. The predicted molar refractivity (Wildman–Crippen MR) is 94.5 cm³/mol. The molecule has 23 heavy (non-hydrogen) atoms. The van der Waals surface area contributed by atoms with Gasteiger partial charge >= 0.3 is 0 Å². The Kier molecular flexibility index (Phi) is 4.85. The van der Waals surface area contributed by atoms with Gasteiger partial charge in [0.05, 0.1) is 18.8 Å². The Bertz CT molecular complexity index is 414. The SMILES string of the molecule is CC1CCCC(C)N1CC(O)COC1CC2CCC1(C)C2(C)C. The van der Waals surface area contributed by atoms with Crippen LogP contribution >= 0.6 is 0 Å². The van der Waals surface area contributed by atoms with E-state index < -0.39 is 0 Å². The van der Waals surface area contributed by atoms with Crippen molar-refractivity contribution < 1.29 is 9.84 Å².